The molecule has 4 heterocycles. The second-order valence-corrected chi connectivity index (χ2v) is 10.1. The number of carbonyl (C=O) groups is 1. The molecule has 0 atom stereocenters. The molecule has 1 amide bonds. The molecule has 0 bridgehead atoms. The topological polar surface area (TPSA) is 142 Å². The summed E-state index contributed by atoms with van der Waals surface area (Å²) < 4.78 is 33.4. The van der Waals surface area contributed by atoms with Crippen molar-refractivity contribution in [3.8, 4) is 11.3 Å². The van der Waals surface area contributed by atoms with Crippen LogP contribution in [0.3, 0.4) is 0 Å². The summed E-state index contributed by atoms with van der Waals surface area (Å²) in [6.45, 7) is 10.2. The number of benzene rings is 1. The predicted octanol–water partition coefficient (Wildman–Crippen LogP) is 3.95. The molecule has 1 saturated heterocycles. The molecule has 12 heteroatoms. The van der Waals surface area contributed by atoms with Crippen molar-refractivity contribution in [2.24, 2.45) is 0 Å². The lowest BCUT2D eigenvalue weighted by atomic mass is 10.1. The van der Waals surface area contributed by atoms with E-state index < -0.39 is 10.0 Å². The Hall–Kier alpha value is -4.29. The van der Waals surface area contributed by atoms with Gasteiger partial charge in [0.15, 0.2) is 0 Å². The minimum atomic E-state index is -3.70. The molecule has 0 radical (unpaired) electrons. The van der Waals surface area contributed by atoms with Crippen LogP contribution in [0.5, 0.6) is 0 Å². The van der Waals surface area contributed by atoms with Crippen LogP contribution in [0, 0.1) is 0 Å². The van der Waals surface area contributed by atoms with Crippen LogP contribution in [-0.4, -0.2) is 60.6 Å². The van der Waals surface area contributed by atoms with E-state index in [1.54, 1.807) is 30.6 Å². The lowest BCUT2D eigenvalue weighted by Crippen LogP contribution is -2.36. The number of nitrogens with zero attached hydrogens (tertiary/aromatic N) is 4. The lowest BCUT2D eigenvalue weighted by Gasteiger charge is -2.27. The highest BCUT2D eigenvalue weighted by Crippen LogP contribution is 2.30. The molecule has 3 aromatic heterocycles. The number of amides is 1. The van der Waals surface area contributed by atoms with Crippen LogP contribution in [0.2, 0.25) is 0 Å². The number of aromatic amines is 1. The molecular weight excluding hydrogens is 518 g/mol. The Morgan fingerprint density at radius 3 is 2.46 bits per heavy atom. The largest absolute Gasteiger partial charge is 0.378 e. The number of anilines is 3. The molecule has 11 nitrogen and oxygen atoms in total. The van der Waals surface area contributed by atoms with E-state index in [1.807, 2.05) is 32.0 Å². The highest BCUT2D eigenvalue weighted by molar-refractivity contribution is 7.91. The standard InChI is InChI=1S/C25H25N7O4S.C2H6/c1-2-23(33)29-19-7-8-20(26-14-19)15-37(34,35)31-18-5-3-17(4-6-18)22-13-21-24(30-22)27-16-28-25(21)32-9-11-36-12-10-32;1-2/h2-8,13-14,16,31H,1,9-12,15H2,(H,29,33)(H,27,28,30);1-2H3. The van der Waals surface area contributed by atoms with Gasteiger partial charge in [0, 0.05) is 24.5 Å². The van der Waals surface area contributed by atoms with Crippen LogP contribution in [0.1, 0.15) is 19.5 Å². The molecule has 5 rings (SSSR count). The van der Waals surface area contributed by atoms with Gasteiger partial charge in [-0.2, -0.15) is 0 Å². The molecule has 0 spiro atoms. The summed E-state index contributed by atoms with van der Waals surface area (Å²) in [6, 6.07) is 12.2. The molecule has 3 N–H and O–H groups in total. The van der Waals surface area contributed by atoms with E-state index in [4.69, 9.17) is 4.74 Å². The molecule has 0 saturated carbocycles. The average molecular weight is 550 g/mol. The average Bonchev–Trinajstić information content (AvgIpc) is 3.40. The Morgan fingerprint density at radius 1 is 1.08 bits per heavy atom. The second-order valence-electron chi connectivity index (χ2n) is 8.41. The summed E-state index contributed by atoms with van der Waals surface area (Å²) in [5, 5.41) is 3.49. The number of hydrogen-bond acceptors (Lipinski definition) is 8. The summed E-state index contributed by atoms with van der Waals surface area (Å²) >= 11 is 0. The molecule has 1 fully saturated rings. The number of morpholine rings is 1. The van der Waals surface area contributed by atoms with Crippen molar-refractivity contribution in [1.82, 2.24) is 19.9 Å². The van der Waals surface area contributed by atoms with Gasteiger partial charge in [-0.15, -0.1) is 0 Å². The minimum Gasteiger partial charge on any atom is -0.378 e. The van der Waals surface area contributed by atoms with Crippen molar-refractivity contribution >= 4 is 44.2 Å². The molecule has 1 aliphatic heterocycles. The van der Waals surface area contributed by atoms with E-state index in [-0.39, 0.29) is 11.7 Å². The number of H-pyrrole nitrogens is 1. The molecule has 4 aromatic rings. The molecular formula is C27H31N7O4S. The summed E-state index contributed by atoms with van der Waals surface area (Å²) in [6.07, 6.45) is 4.09. The van der Waals surface area contributed by atoms with Gasteiger partial charge < -0.3 is 19.9 Å². The number of aromatic nitrogens is 4. The van der Waals surface area contributed by atoms with Crippen LogP contribution in [-0.2, 0) is 25.3 Å². The van der Waals surface area contributed by atoms with Crippen molar-refractivity contribution in [3.63, 3.8) is 0 Å². The van der Waals surface area contributed by atoms with Gasteiger partial charge in [-0.1, -0.05) is 32.6 Å². The van der Waals surface area contributed by atoms with Gasteiger partial charge in [-0.25, -0.2) is 18.4 Å². The van der Waals surface area contributed by atoms with Crippen LogP contribution < -0.4 is 14.9 Å². The van der Waals surface area contributed by atoms with Crippen molar-refractivity contribution in [1.29, 1.82) is 0 Å². The SMILES string of the molecule is C=CC(=O)Nc1ccc(CS(=O)(=O)Nc2ccc(-c3cc4c(N5CCOCC5)ncnc4[nH]3)cc2)nc1.CC. The Balaban J connectivity index is 0.00000172. The normalized spacial score (nSPS) is 13.3. The molecule has 0 unspecified atom stereocenters. The Morgan fingerprint density at radius 2 is 1.79 bits per heavy atom. The van der Waals surface area contributed by atoms with Gasteiger partial charge in [0.05, 0.1) is 36.2 Å². The highest BCUT2D eigenvalue weighted by Gasteiger charge is 2.18. The third kappa shape index (κ3) is 6.98. The van der Waals surface area contributed by atoms with Crippen molar-refractivity contribution in [3.05, 3.63) is 73.3 Å². The number of rotatable bonds is 8. The number of hydrogen-bond donors (Lipinski definition) is 3. The molecule has 1 aromatic carbocycles. The first-order chi connectivity index (χ1) is 18.9. The quantitative estimate of drug-likeness (QED) is 0.281. The first-order valence-corrected chi connectivity index (χ1v) is 14.2. The van der Waals surface area contributed by atoms with E-state index in [0.29, 0.717) is 30.3 Å². The minimum absolute atomic E-state index is 0.310. The third-order valence-electron chi connectivity index (χ3n) is 5.80. The summed E-state index contributed by atoms with van der Waals surface area (Å²) in [4.78, 5) is 29.8. The number of carbonyl (C=O) groups excluding carboxylic acids is 1. The van der Waals surface area contributed by atoms with E-state index in [2.05, 4.69) is 41.5 Å². The Kier molecular flexibility index (Phi) is 8.89. The lowest BCUT2D eigenvalue weighted by molar-refractivity contribution is -0.111. The van der Waals surface area contributed by atoms with Crippen molar-refractivity contribution in [2.75, 3.05) is 41.2 Å². The third-order valence-corrected chi connectivity index (χ3v) is 7.02. The van der Waals surface area contributed by atoms with Crippen LogP contribution in [0.4, 0.5) is 17.2 Å². The maximum absolute atomic E-state index is 12.7. The van der Waals surface area contributed by atoms with Crippen LogP contribution in [0.25, 0.3) is 22.3 Å². The molecule has 204 valence electrons. The first-order valence-electron chi connectivity index (χ1n) is 12.6. The van der Waals surface area contributed by atoms with E-state index in [9.17, 15) is 13.2 Å². The fraction of sp³-hybridized carbons (Fsp3) is 0.259. The number of fused-ring (bicyclic) bond motifs is 1. The maximum Gasteiger partial charge on any atom is 0.247 e. The van der Waals surface area contributed by atoms with Gasteiger partial charge in [0.25, 0.3) is 0 Å². The zero-order valence-electron chi connectivity index (χ0n) is 21.8. The summed E-state index contributed by atoms with van der Waals surface area (Å²) in [5.74, 6) is 0.185. The van der Waals surface area contributed by atoms with E-state index in [0.717, 1.165) is 47.3 Å². The smallest absolute Gasteiger partial charge is 0.247 e. The zero-order chi connectivity index (χ0) is 27.8. The Labute approximate surface area is 227 Å². The molecule has 1 aliphatic rings. The van der Waals surface area contributed by atoms with Gasteiger partial charge >= 0.3 is 0 Å². The second kappa shape index (κ2) is 12.5. The number of sulfonamides is 1. The fourth-order valence-electron chi connectivity index (χ4n) is 4.01. The first kappa shape index (κ1) is 27.7. The highest BCUT2D eigenvalue weighted by atomic mass is 32.2. The Bertz CT molecular complexity index is 1530. The molecule has 0 aliphatic carbocycles. The van der Waals surface area contributed by atoms with Gasteiger partial charge in [-0.3, -0.25) is 14.5 Å². The monoisotopic (exact) mass is 549 g/mol. The fourth-order valence-corrected chi connectivity index (χ4v) is 5.14. The molecule has 39 heavy (non-hydrogen) atoms. The number of nitrogens with one attached hydrogen (secondary N) is 3. The van der Waals surface area contributed by atoms with Crippen LogP contribution >= 0.6 is 0 Å². The van der Waals surface area contributed by atoms with Crippen molar-refractivity contribution < 1.29 is 17.9 Å². The number of ether oxygens (including phenoxy) is 1. The van der Waals surface area contributed by atoms with E-state index in [1.165, 1.54) is 6.20 Å². The van der Waals surface area contributed by atoms with Crippen molar-refractivity contribution in [2.45, 2.75) is 19.6 Å². The number of pyridine rings is 1. The summed E-state index contributed by atoms with van der Waals surface area (Å²) in [7, 11) is -3.70. The summed E-state index contributed by atoms with van der Waals surface area (Å²) in [5.41, 5.74) is 3.70. The van der Waals surface area contributed by atoms with Crippen LogP contribution in [0.15, 0.2) is 67.6 Å². The van der Waals surface area contributed by atoms with Gasteiger partial charge in [-0.05, 0) is 42.0 Å². The maximum atomic E-state index is 12.7. The van der Waals surface area contributed by atoms with Gasteiger partial charge in [0.1, 0.15) is 23.5 Å². The zero-order valence-corrected chi connectivity index (χ0v) is 22.7. The predicted molar refractivity (Wildman–Crippen MR) is 153 cm³/mol. The van der Waals surface area contributed by atoms with Gasteiger partial charge in [0.2, 0.25) is 15.9 Å². The van der Waals surface area contributed by atoms with E-state index >= 15 is 0 Å².